The SMILES string of the molecule is C[C@@H](C(=O)NC(c1ccccc1)c1ccccc1)[NH+]1CCC[C@@H]1c1cccn1C. The maximum Gasteiger partial charge on any atom is 0.278 e. The quantitative estimate of drug-likeness (QED) is 0.669. The Balaban J connectivity index is 1.55. The number of nitrogens with one attached hydrogen (secondary N) is 2. The summed E-state index contributed by atoms with van der Waals surface area (Å²) in [5.74, 6) is 0.110. The average molecular weight is 389 g/mol. The zero-order chi connectivity index (χ0) is 20.2. The van der Waals surface area contributed by atoms with Gasteiger partial charge < -0.3 is 14.8 Å². The molecule has 0 bridgehead atoms. The first-order chi connectivity index (χ1) is 14.1. The highest BCUT2D eigenvalue weighted by Crippen LogP contribution is 2.23. The van der Waals surface area contributed by atoms with Crippen molar-refractivity contribution in [3.05, 3.63) is 95.8 Å². The number of hydrogen-bond donors (Lipinski definition) is 2. The molecule has 1 aromatic heterocycles. The van der Waals surface area contributed by atoms with E-state index in [9.17, 15) is 4.79 Å². The van der Waals surface area contributed by atoms with Crippen molar-refractivity contribution in [2.24, 2.45) is 7.05 Å². The molecule has 4 heteroatoms. The molecule has 29 heavy (non-hydrogen) atoms. The van der Waals surface area contributed by atoms with Gasteiger partial charge in [0, 0.05) is 26.1 Å². The maximum absolute atomic E-state index is 13.3. The Morgan fingerprint density at radius 1 is 1.00 bits per heavy atom. The summed E-state index contributed by atoms with van der Waals surface area (Å²) in [7, 11) is 2.09. The Bertz CT molecular complexity index is 895. The van der Waals surface area contributed by atoms with Gasteiger partial charge >= 0.3 is 0 Å². The molecule has 2 N–H and O–H groups in total. The van der Waals surface area contributed by atoms with Crippen LogP contribution in [0.5, 0.6) is 0 Å². The van der Waals surface area contributed by atoms with E-state index in [1.54, 1.807) is 0 Å². The predicted molar refractivity (Wildman–Crippen MR) is 116 cm³/mol. The van der Waals surface area contributed by atoms with Crippen LogP contribution in [0.4, 0.5) is 0 Å². The van der Waals surface area contributed by atoms with Gasteiger partial charge in [-0.15, -0.1) is 0 Å². The molecular weight excluding hydrogens is 358 g/mol. The molecule has 2 heterocycles. The van der Waals surface area contributed by atoms with Gasteiger partial charge in [-0.2, -0.15) is 0 Å². The summed E-state index contributed by atoms with van der Waals surface area (Å²) < 4.78 is 2.19. The van der Waals surface area contributed by atoms with Crippen LogP contribution in [0.2, 0.25) is 0 Å². The standard InChI is InChI=1S/C25H29N3O/c1-19(28-18-10-16-23(28)22-15-9-17-27(22)2)25(29)26-24(20-11-5-3-6-12-20)21-13-7-4-8-14-21/h3-9,11-15,17,19,23-24H,10,16,18H2,1-2H3,(H,26,29)/p+1/t19-,23+/m0/s1. The minimum absolute atomic E-state index is 0.104. The molecular formula is C25H30N3O+. The molecule has 4 rings (SSSR count). The number of amides is 1. The first-order valence-electron chi connectivity index (χ1n) is 10.5. The van der Waals surface area contributed by atoms with Crippen LogP contribution >= 0.6 is 0 Å². The smallest absolute Gasteiger partial charge is 0.278 e. The monoisotopic (exact) mass is 388 g/mol. The molecule has 1 unspecified atom stereocenters. The lowest BCUT2D eigenvalue weighted by atomic mass is 9.98. The summed E-state index contributed by atoms with van der Waals surface area (Å²) in [6.45, 7) is 3.10. The molecule has 1 aliphatic heterocycles. The largest absolute Gasteiger partial charge is 0.350 e. The third kappa shape index (κ3) is 4.13. The van der Waals surface area contributed by atoms with Crippen LogP contribution < -0.4 is 10.2 Å². The fourth-order valence-corrected chi connectivity index (χ4v) is 4.65. The van der Waals surface area contributed by atoms with E-state index in [1.165, 1.54) is 10.6 Å². The molecule has 1 saturated heterocycles. The zero-order valence-corrected chi connectivity index (χ0v) is 17.2. The lowest BCUT2D eigenvalue weighted by molar-refractivity contribution is -0.932. The van der Waals surface area contributed by atoms with Crippen molar-refractivity contribution >= 4 is 5.91 Å². The minimum Gasteiger partial charge on any atom is -0.350 e. The molecule has 2 aromatic carbocycles. The van der Waals surface area contributed by atoms with Crippen molar-refractivity contribution in [1.29, 1.82) is 0 Å². The van der Waals surface area contributed by atoms with Crippen LogP contribution in [0.1, 0.15) is 48.7 Å². The molecule has 0 radical (unpaired) electrons. The van der Waals surface area contributed by atoms with Crippen LogP contribution in [0.15, 0.2) is 79.0 Å². The Hall–Kier alpha value is -2.85. The average Bonchev–Trinajstić information content (AvgIpc) is 3.41. The molecule has 150 valence electrons. The van der Waals surface area contributed by atoms with E-state index in [1.807, 2.05) is 36.4 Å². The van der Waals surface area contributed by atoms with E-state index in [-0.39, 0.29) is 18.0 Å². The lowest BCUT2D eigenvalue weighted by Gasteiger charge is -2.29. The van der Waals surface area contributed by atoms with Gasteiger partial charge in [0.05, 0.1) is 18.3 Å². The number of carbonyl (C=O) groups is 1. The third-order valence-corrected chi connectivity index (χ3v) is 6.25. The highest BCUT2D eigenvalue weighted by molar-refractivity contribution is 5.81. The third-order valence-electron chi connectivity index (χ3n) is 6.25. The number of carbonyl (C=O) groups excluding carboxylic acids is 1. The highest BCUT2D eigenvalue weighted by Gasteiger charge is 2.38. The molecule has 1 fully saturated rings. The van der Waals surface area contributed by atoms with Crippen LogP contribution in [0.25, 0.3) is 0 Å². The molecule has 1 aliphatic rings. The molecule has 3 aromatic rings. The Morgan fingerprint density at radius 3 is 2.17 bits per heavy atom. The highest BCUT2D eigenvalue weighted by atomic mass is 16.2. The Kier molecular flexibility index (Phi) is 5.81. The Morgan fingerprint density at radius 2 is 1.62 bits per heavy atom. The number of rotatable bonds is 6. The van der Waals surface area contributed by atoms with Gasteiger partial charge in [-0.3, -0.25) is 4.79 Å². The molecule has 3 atom stereocenters. The van der Waals surface area contributed by atoms with Gasteiger partial charge in [0.15, 0.2) is 6.04 Å². The number of hydrogen-bond acceptors (Lipinski definition) is 1. The van der Waals surface area contributed by atoms with Crippen molar-refractivity contribution in [2.45, 2.75) is 37.9 Å². The summed E-state index contributed by atoms with van der Waals surface area (Å²) in [6.07, 6.45) is 4.38. The summed E-state index contributed by atoms with van der Waals surface area (Å²) >= 11 is 0. The normalized spacial score (nSPS) is 20.0. The second kappa shape index (κ2) is 8.66. The molecule has 0 spiro atoms. The van der Waals surface area contributed by atoms with Gasteiger partial charge in [0.2, 0.25) is 0 Å². The van der Waals surface area contributed by atoms with E-state index in [0.717, 1.165) is 30.5 Å². The lowest BCUT2D eigenvalue weighted by Crippen LogP contribution is -3.15. The fourth-order valence-electron chi connectivity index (χ4n) is 4.65. The van der Waals surface area contributed by atoms with E-state index >= 15 is 0 Å². The molecule has 0 saturated carbocycles. The van der Waals surface area contributed by atoms with Crippen molar-refractivity contribution in [2.75, 3.05) is 6.54 Å². The molecule has 4 nitrogen and oxygen atoms in total. The Labute approximate surface area is 173 Å². The second-order valence-electron chi connectivity index (χ2n) is 8.05. The van der Waals surface area contributed by atoms with Gasteiger partial charge in [0.25, 0.3) is 5.91 Å². The topological polar surface area (TPSA) is 38.5 Å². The van der Waals surface area contributed by atoms with Crippen molar-refractivity contribution in [3.8, 4) is 0 Å². The molecule has 0 aliphatic carbocycles. The zero-order valence-electron chi connectivity index (χ0n) is 17.2. The number of aromatic nitrogens is 1. The number of benzene rings is 2. The van der Waals surface area contributed by atoms with Crippen molar-refractivity contribution in [3.63, 3.8) is 0 Å². The van der Waals surface area contributed by atoms with Crippen LogP contribution in [-0.2, 0) is 11.8 Å². The van der Waals surface area contributed by atoms with Crippen LogP contribution in [0.3, 0.4) is 0 Å². The van der Waals surface area contributed by atoms with Crippen molar-refractivity contribution < 1.29 is 9.69 Å². The first kappa shape index (κ1) is 19.5. The second-order valence-corrected chi connectivity index (χ2v) is 8.05. The van der Waals surface area contributed by atoms with Crippen molar-refractivity contribution in [1.82, 2.24) is 9.88 Å². The fraction of sp³-hybridized carbons (Fsp3) is 0.320. The minimum atomic E-state index is -0.136. The predicted octanol–water partition coefficient (Wildman–Crippen LogP) is 3.04. The van der Waals surface area contributed by atoms with E-state index in [4.69, 9.17) is 0 Å². The number of quaternary nitrogens is 1. The number of aryl methyl sites for hydroxylation is 1. The summed E-state index contributed by atoms with van der Waals surface area (Å²) in [5, 5.41) is 3.34. The van der Waals surface area contributed by atoms with E-state index in [2.05, 4.69) is 66.5 Å². The van der Waals surface area contributed by atoms with Gasteiger partial charge in [0.1, 0.15) is 6.04 Å². The summed E-state index contributed by atoms with van der Waals surface area (Å²) in [6, 6.07) is 24.9. The first-order valence-corrected chi connectivity index (χ1v) is 10.5. The summed E-state index contributed by atoms with van der Waals surface area (Å²) in [5.41, 5.74) is 3.53. The number of likely N-dealkylation sites (tertiary alicyclic amines) is 1. The van der Waals surface area contributed by atoms with Gasteiger partial charge in [-0.05, 0) is 30.2 Å². The van der Waals surface area contributed by atoms with E-state index in [0.29, 0.717) is 6.04 Å². The number of nitrogens with zero attached hydrogens (tertiary/aromatic N) is 1. The van der Waals surface area contributed by atoms with Gasteiger partial charge in [-0.25, -0.2) is 0 Å². The molecule has 1 amide bonds. The summed E-state index contributed by atoms with van der Waals surface area (Å²) in [4.78, 5) is 14.7. The van der Waals surface area contributed by atoms with Crippen LogP contribution in [0, 0.1) is 0 Å². The van der Waals surface area contributed by atoms with Gasteiger partial charge in [-0.1, -0.05) is 60.7 Å². The van der Waals surface area contributed by atoms with Crippen LogP contribution in [-0.4, -0.2) is 23.1 Å². The van der Waals surface area contributed by atoms with E-state index < -0.39 is 0 Å². The maximum atomic E-state index is 13.3.